The molecule has 1 aromatic carbocycles. The Morgan fingerprint density at radius 2 is 1.50 bits per heavy atom. The van der Waals surface area contributed by atoms with Crippen LogP contribution in [0.4, 0.5) is 0 Å². The Hall–Kier alpha value is -0.890. The molecule has 1 aromatic rings. The fraction of sp³-hybridized carbons (Fsp3) is 0.600. The van der Waals surface area contributed by atoms with E-state index in [1.807, 2.05) is 12.1 Å². The van der Waals surface area contributed by atoms with Crippen LogP contribution < -0.4 is 9.47 Å². The molecular weight excluding hydrogens is 248 g/mol. The van der Waals surface area contributed by atoms with Crippen molar-refractivity contribution >= 4 is 11.6 Å². The van der Waals surface area contributed by atoms with Crippen LogP contribution in [-0.4, -0.2) is 14.2 Å². The summed E-state index contributed by atoms with van der Waals surface area (Å²) in [6.07, 6.45) is 0. The molecule has 0 heterocycles. The Morgan fingerprint density at radius 3 is 1.94 bits per heavy atom. The molecule has 0 aliphatic heterocycles. The molecule has 0 aromatic heterocycles. The summed E-state index contributed by atoms with van der Waals surface area (Å²) in [6.45, 7) is 8.62. The first-order chi connectivity index (χ1) is 8.42. The van der Waals surface area contributed by atoms with Crippen molar-refractivity contribution < 1.29 is 9.47 Å². The van der Waals surface area contributed by atoms with Crippen LogP contribution in [0.25, 0.3) is 0 Å². The number of ether oxygens (including phenoxy) is 2. The zero-order valence-corrected chi connectivity index (χ0v) is 12.8. The molecule has 2 atom stereocenters. The number of aryl methyl sites for hydroxylation is 1. The molecule has 2 nitrogen and oxygen atoms in total. The van der Waals surface area contributed by atoms with Gasteiger partial charge in [0.15, 0.2) is 11.5 Å². The molecule has 0 amide bonds. The predicted molar refractivity (Wildman–Crippen MR) is 76.9 cm³/mol. The number of methoxy groups -OCH3 is 2. The van der Waals surface area contributed by atoms with Gasteiger partial charge in [-0.25, -0.2) is 0 Å². The number of benzene rings is 1. The molecule has 0 saturated heterocycles. The van der Waals surface area contributed by atoms with Crippen molar-refractivity contribution in [2.45, 2.75) is 33.1 Å². The first-order valence-corrected chi connectivity index (χ1v) is 6.72. The molecule has 0 saturated carbocycles. The van der Waals surface area contributed by atoms with Crippen molar-refractivity contribution in [2.24, 2.45) is 11.8 Å². The van der Waals surface area contributed by atoms with Gasteiger partial charge in [-0.15, -0.1) is 11.6 Å². The second kappa shape index (κ2) is 6.33. The van der Waals surface area contributed by atoms with Crippen LogP contribution >= 0.6 is 11.6 Å². The van der Waals surface area contributed by atoms with Crippen LogP contribution in [0.5, 0.6) is 11.5 Å². The van der Waals surface area contributed by atoms with Crippen molar-refractivity contribution in [2.75, 3.05) is 14.2 Å². The van der Waals surface area contributed by atoms with Gasteiger partial charge in [0.2, 0.25) is 0 Å². The van der Waals surface area contributed by atoms with Gasteiger partial charge in [0, 0.05) is 0 Å². The Balaban J connectivity index is 3.16. The molecule has 3 heteroatoms. The van der Waals surface area contributed by atoms with E-state index in [0.29, 0.717) is 11.8 Å². The first-order valence-electron chi connectivity index (χ1n) is 6.29. The maximum Gasteiger partial charge on any atom is 0.161 e. The van der Waals surface area contributed by atoms with Gasteiger partial charge >= 0.3 is 0 Å². The van der Waals surface area contributed by atoms with E-state index in [9.17, 15) is 0 Å². The minimum atomic E-state index is -0.00944. The van der Waals surface area contributed by atoms with Gasteiger partial charge in [-0.05, 0) is 42.0 Å². The Bertz CT molecular complexity index is 402. The summed E-state index contributed by atoms with van der Waals surface area (Å²) in [5.74, 6) is 2.43. The third kappa shape index (κ3) is 3.11. The summed E-state index contributed by atoms with van der Waals surface area (Å²) in [4.78, 5) is 0. The third-order valence-corrected chi connectivity index (χ3v) is 4.22. The minimum absolute atomic E-state index is 0.00944. The number of rotatable bonds is 5. The number of halogens is 1. The summed E-state index contributed by atoms with van der Waals surface area (Å²) in [5.41, 5.74) is 2.26. The van der Waals surface area contributed by atoms with Crippen LogP contribution in [-0.2, 0) is 0 Å². The molecule has 2 unspecified atom stereocenters. The lowest BCUT2D eigenvalue weighted by atomic mass is 9.88. The third-order valence-electron chi connectivity index (χ3n) is 3.58. The SMILES string of the molecule is COc1cc(C)c(C(Cl)C(C)C(C)C)cc1OC. The average Bonchev–Trinajstić information content (AvgIpc) is 2.36. The largest absolute Gasteiger partial charge is 0.493 e. The standard InChI is InChI=1S/C15H23ClO2/c1-9(2)11(4)15(16)12-8-14(18-6)13(17-5)7-10(12)3/h7-9,11,15H,1-6H3. The van der Waals surface area contributed by atoms with Crippen molar-refractivity contribution in [1.29, 1.82) is 0 Å². The molecule has 0 N–H and O–H groups in total. The lowest BCUT2D eigenvalue weighted by Crippen LogP contribution is -2.12. The highest BCUT2D eigenvalue weighted by Crippen LogP contribution is 2.40. The van der Waals surface area contributed by atoms with Crippen LogP contribution in [0.2, 0.25) is 0 Å². The van der Waals surface area contributed by atoms with E-state index < -0.39 is 0 Å². The van der Waals surface area contributed by atoms with Gasteiger partial charge in [0.25, 0.3) is 0 Å². The second-order valence-electron chi connectivity index (χ2n) is 5.07. The van der Waals surface area contributed by atoms with E-state index in [1.165, 1.54) is 0 Å². The molecular formula is C15H23ClO2. The molecule has 0 aliphatic carbocycles. The van der Waals surface area contributed by atoms with Crippen molar-refractivity contribution in [1.82, 2.24) is 0 Å². The lowest BCUT2D eigenvalue weighted by Gasteiger charge is -2.24. The van der Waals surface area contributed by atoms with Gasteiger partial charge in [0.05, 0.1) is 19.6 Å². The highest BCUT2D eigenvalue weighted by Gasteiger charge is 2.22. The zero-order chi connectivity index (χ0) is 13.9. The van der Waals surface area contributed by atoms with Crippen LogP contribution in [0.15, 0.2) is 12.1 Å². The predicted octanol–water partition coefficient (Wildman–Crippen LogP) is 4.58. The van der Waals surface area contributed by atoms with Gasteiger partial charge < -0.3 is 9.47 Å². The summed E-state index contributed by atoms with van der Waals surface area (Å²) < 4.78 is 10.6. The molecule has 0 fully saturated rings. The Morgan fingerprint density at radius 1 is 1.00 bits per heavy atom. The first kappa shape index (κ1) is 15.2. The van der Waals surface area contributed by atoms with Crippen molar-refractivity contribution in [3.63, 3.8) is 0 Å². The molecule has 0 spiro atoms. The Kier molecular flexibility index (Phi) is 5.33. The van der Waals surface area contributed by atoms with E-state index in [1.54, 1.807) is 14.2 Å². The van der Waals surface area contributed by atoms with E-state index in [4.69, 9.17) is 21.1 Å². The molecule has 102 valence electrons. The molecule has 1 rings (SSSR count). The maximum absolute atomic E-state index is 6.59. The summed E-state index contributed by atoms with van der Waals surface area (Å²) >= 11 is 6.59. The van der Waals surface area contributed by atoms with Crippen LogP contribution in [0.3, 0.4) is 0 Å². The van der Waals surface area contributed by atoms with Crippen molar-refractivity contribution in [3.8, 4) is 11.5 Å². The number of alkyl halides is 1. The second-order valence-corrected chi connectivity index (χ2v) is 5.54. The van der Waals surface area contributed by atoms with Crippen LogP contribution in [0, 0.1) is 18.8 Å². The fourth-order valence-corrected chi connectivity index (χ4v) is 2.44. The summed E-state index contributed by atoms with van der Waals surface area (Å²) in [6, 6.07) is 3.97. The van der Waals surface area contributed by atoms with Gasteiger partial charge in [-0.1, -0.05) is 20.8 Å². The van der Waals surface area contributed by atoms with Gasteiger partial charge in [0.1, 0.15) is 0 Å². The smallest absolute Gasteiger partial charge is 0.161 e. The maximum atomic E-state index is 6.59. The quantitative estimate of drug-likeness (QED) is 0.729. The topological polar surface area (TPSA) is 18.5 Å². The van der Waals surface area contributed by atoms with E-state index in [2.05, 4.69) is 27.7 Å². The van der Waals surface area contributed by atoms with E-state index in [0.717, 1.165) is 22.6 Å². The summed E-state index contributed by atoms with van der Waals surface area (Å²) in [5, 5.41) is -0.00944. The number of hydrogen-bond acceptors (Lipinski definition) is 2. The van der Waals surface area contributed by atoms with E-state index >= 15 is 0 Å². The number of hydrogen-bond donors (Lipinski definition) is 0. The molecule has 18 heavy (non-hydrogen) atoms. The minimum Gasteiger partial charge on any atom is -0.493 e. The monoisotopic (exact) mass is 270 g/mol. The average molecular weight is 271 g/mol. The lowest BCUT2D eigenvalue weighted by molar-refractivity contribution is 0.352. The highest BCUT2D eigenvalue weighted by atomic mass is 35.5. The Labute approximate surface area is 115 Å². The van der Waals surface area contributed by atoms with Crippen LogP contribution in [0.1, 0.15) is 37.3 Å². The van der Waals surface area contributed by atoms with Gasteiger partial charge in [-0.3, -0.25) is 0 Å². The van der Waals surface area contributed by atoms with Gasteiger partial charge in [-0.2, -0.15) is 0 Å². The molecule has 0 radical (unpaired) electrons. The summed E-state index contributed by atoms with van der Waals surface area (Å²) in [7, 11) is 3.29. The van der Waals surface area contributed by atoms with E-state index in [-0.39, 0.29) is 5.38 Å². The molecule has 0 bridgehead atoms. The molecule has 0 aliphatic rings. The normalized spacial score (nSPS) is 14.4. The van der Waals surface area contributed by atoms with Crippen molar-refractivity contribution in [3.05, 3.63) is 23.3 Å². The zero-order valence-electron chi connectivity index (χ0n) is 12.1. The fourth-order valence-electron chi connectivity index (χ4n) is 1.91. The highest BCUT2D eigenvalue weighted by molar-refractivity contribution is 6.21.